The number of phenolic OH excluding ortho intramolecular Hbond substituents is 1. The van der Waals surface area contributed by atoms with E-state index in [-0.39, 0.29) is 11.7 Å². The number of benzene rings is 2. The second kappa shape index (κ2) is 10.1. The van der Waals surface area contributed by atoms with Gasteiger partial charge in [0.25, 0.3) is 0 Å². The van der Waals surface area contributed by atoms with E-state index in [1.54, 1.807) is 18.2 Å². The number of ether oxygens (including phenoxy) is 1. The first-order valence-corrected chi connectivity index (χ1v) is 11.1. The molecule has 4 rings (SSSR count). The van der Waals surface area contributed by atoms with Crippen LogP contribution in [-0.4, -0.2) is 52.6 Å². The number of morpholine rings is 1. The summed E-state index contributed by atoms with van der Waals surface area (Å²) in [6.45, 7) is 4.47. The molecule has 3 aromatic rings. The van der Waals surface area contributed by atoms with Gasteiger partial charge in [-0.05, 0) is 52.7 Å². The quantitative estimate of drug-likeness (QED) is 0.327. The van der Waals surface area contributed by atoms with Gasteiger partial charge in [-0.15, -0.1) is 0 Å². The van der Waals surface area contributed by atoms with Crippen LogP contribution in [0.15, 0.2) is 46.0 Å². The van der Waals surface area contributed by atoms with Crippen molar-refractivity contribution in [3.05, 3.63) is 57.0 Å². The minimum Gasteiger partial charge on any atom is -0.507 e. The van der Waals surface area contributed by atoms with Crippen molar-refractivity contribution in [2.45, 2.75) is 6.92 Å². The Hall–Kier alpha value is -2.95. The lowest BCUT2D eigenvalue weighted by atomic mass is 10.2. The summed E-state index contributed by atoms with van der Waals surface area (Å²) < 4.78 is 6.26. The monoisotopic (exact) mass is 517 g/mol. The van der Waals surface area contributed by atoms with E-state index < -0.39 is 0 Å². The van der Waals surface area contributed by atoms with Gasteiger partial charge in [0.2, 0.25) is 17.8 Å². The molecule has 1 saturated heterocycles. The van der Waals surface area contributed by atoms with Crippen LogP contribution in [0.5, 0.6) is 5.75 Å². The normalized spacial score (nSPS) is 14.0. The average Bonchev–Trinajstić information content (AvgIpc) is 2.79. The Bertz CT molecular complexity index is 1140. The molecule has 1 aromatic heterocycles. The molecule has 1 aliphatic heterocycles. The molecule has 0 unspecified atom stereocenters. The van der Waals surface area contributed by atoms with E-state index in [4.69, 9.17) is 16.3 Å². The highest BCUT2D eigenvalue weighted by Gasteiger charge is 2.17. The van der Waals surface area contributed by atoms with E-state index in [0.29, 0.717) is 48.8 Å². The van der Waals surface area contributed by atoms with Gasteiger partial charge in [-0.1, -0.05) is 23.7 Å². The topological polar surface area (TPSA) is 108 Å². The zero-order valence-electron chi connectivity index (χ0n) is 17.2. The zero-order chi connectivity index (χ0) is 22.5. The maximum atomic E-state index is 9.89. The lowest BCUT2D eigenvalue weighted by molar-refractivity contribution is 0.122. The maximum Gasteiger partial charge on any atom is 0.250 e. The van der Waals surface area contributed by atoms with E-state index >= 15 is 0 Å². The fraction of sp³-hybridized carbons (Fsp3) is 0.238. The number of aromatic hydroxyl groups is 1. The van der Waals surface area contributed by atoms with Gasteiger partial charge >= 0.3 is 0 Å². The number of aromatic nitrogens is 3. The van der Waals surface area contributed by atoms with Crippen LogP contribution in [0.25, 0.3) is 0 Å². The Balaban J connectivity index is 1.62. The predicted octanol–water partition coefficient (Wildman–Crippen LogP) is 4.33. The van der Waals surface area contributed by atoms with Crippen LogP contribution in [-0.2, 0) is 4.74 Å². The number of aryl methyl sites for hydroxylation is 1. The molecular weight excluding hydrogens is 498 g/mol. The van der Waals surface area contributed by atoms with Crippen molar-refractivity contribution in [3.8, 4) is 5.75 Å². The minimum absolute atomic E-state index is 0.131. The molecule has 3 N–H and O–H groups in total. The van der Waals surface area contributed by atoms with Crippen molar-refractivity contribution in [2.75, 3.05) is 41.9 Å². The van der Waals surface area contributed by atoms with Crippen LogP contribution < -0.4 is 15.6 Å². The third kappa shape index (κ3) is 5.45. The summed E-state index contributed by atoms with van der Waals surface area (Å²) in [4.78, 5) is 15.5. The standard InChI is InChI=1S/C21H21BrClN7O2/c1-13-10-15(22)17(11-16(13)23)25-19-26-20(28-21(27-19)30-6-8-32-9-7-30)29-24-12-14-4-2-3-5-18(14)31/h2-5,10-12,31H,6-9H2,1H3,(H2,25,26,27,28,29)/b24-12-. The lowest BCUT2D eigenvalue weighted by Crippen LogP contribution is -2.37. The average molecular weight is 519 g/mol. The van der Waals surface area contributed by atoms with Crippen molar-refractivity contribution >= 4 is 57.3 Å². The molecule has 2 aromatic carbocycles. The Morgan fingerprint density at radius 2 is 1.91 bits per heavy atom. The fourth-order valence-electron chi connectivity index (χ4n) is 2.99. The van der Waals surface area contributed by atoms with Crippen LogP contribution >= 0.6 is 27.5 Å². The van der Waals surface area contributed by atoms with Crippen molar-refractivity contribution in [1.29, 1.82) is 0 Å². The first-order valence-electron chi connectivity index (χ1n) is 9.88. The van der Waals surface area contributed by atoms with Crippen LogP contribution in [0, 0.1) is 6.92 Å². The van der Waals surface area contributed by atoms with Gasteiger partial charge in [0.05, 0.1) is 25.1 Å². The van der Waals surface area contributed by atoms with Gasteiger partial charge in [0.15, 0.2) is 0 Å². The van der Waals surface area contributed by atoms with Gasteiger partial charge in [-0.25, -0.2) is 5.43 Å². The third-order valence-electron chi connectivity index (χ3n) is 4.72. The van der Waals surface area contributed by atoms with Crippen LogP contribution in [0.4, 0.5) is 23.5 Å². The predicted molar refractivity (Wildman–Crippen MR) is 129 cm³/mol. The molecule has 0 aliphatic carbocycles. The molecule has 0 bridgehead atoms. The van der Waals surface area contributed by atoms with Crippen LogP contribution in [0.3, 0.4) is 0 Å². The summed E-state index contributed by atoms with van der Waals surface area (Å²) in [6.07, 6.45) is 1.50. The SMILES string of the molecule is Cc1cc(Br)c(Nc2nc(N/N=C\c3ccccc3O)nc(N3CCOCC3)n2)cc1Cl. The Morgan fingerprint density at radius 3 is 2.69 bits per heavy atom. The van der Waals surface area contributed by atoms with E-state index in [2.05, 4.69) is 46.7 Å². The molecule has 0 atom stereocenters. The number of para-hydroxylation sites is 1. The molecule has 1 fully saturated rings. The first-order chi connectivity index (χ1) is 15.5. The summed E-state index contributed by atoms with van der Waals surface area (Å²) in [7, 11) is 0. The van der Waals surface area contributed by atoms with Gasteiger partial charge in [0, 0.05) is 28.1 Å². The maximum absolute atomic E-state index is 9.89. The lowest BCUT2D eigenvalue weighted by Gasteiger charge is -2.27. The van der Waals surface area contributed by atoms with Gasteiger partial charge < -0.3 is 20.1 Å². The summed E-state index contributed by atoms with van der Waals surface area (Å²) in [5.74, 6) is 1.22. The molecule has 0 spiro atoms. The smallest absolute Gasteiger partial charge is 0.250 e. The van der Waals surface area contributed by atoms with E-state index in [1.807, 2.05) is 30.0 Å². The largest absolute Gasteiger partial charge is 0.507 e. The highest BCUT2D eigenvalue weighted by atomic mass is 79.9. The van der Waals surface area contributed by atoms with Gasteiger partial charge in [-0.2, -0.15) is 20.1 Å². The molecule has 0 amide bonds. The molecule has 0 saturated carbocycles. The number of hydrogen-bond acceptors (Lipinski definition) is 9. The van der Waals surface area contributed by atoms with E-state index in [0.717, 1.165) is 15.7 Å². The van der Waals surface area contributed by atoms with E-state index in [9.17, 15) is 5.11 Å². The van der Waals surface area contributed by atoms with Gasteiger partial charge in [-0.3, -0.25) is 0 Å². The molecule has 2 heterocycles. The summed E-state index contributed by atoms with van der Waals surface area (Å²) in [5, 5.41) is 17.9. The van der Waals surface area contributed by atoms with Crippen molar-refractivity contribution < 1.29 is 9.84 Å². The number of hydrogen-bond donors (Lipinski definition) is 3. The molecule has 32 heavy (non-hydrogen) atoms. The Labute approximate surface area is 198 Å². The van der Waals surface area contributed by atoms with Crippen molar-refractivity contribution in [1.82, 2.24) is 15.0 Å². The second-order valence-electron chi connectivity index (χ2n) is 7.02. The second-order valence-corrected chi connectivity index (χ2v) is 8.28. The van der Waals surface area contributed by atoms with Crippen LogP contribution in [0.1, 0.15) is 11.1 Å². The summed E-state index contributed by atoms with van der Waals surface area (Å²) in [6, 6.07) is 10.6. The third-order valence-corrected chi connectivity index (χ3v) is 5.78. The summed E-state index contributed by atoms with van der Waals surface area (Å²) >= 11 is 9.83. The molecule has 11 heteroatoms. The van der Waals surface area contributed by atoms with Crippen LogP contribution in [0.2, 0.25) is 5.02 Å². The first kappa shape index (κ1) is 22.3. The number of phenols is 1. The number of anilines is 4. The van der Waals surface area contributed by atoms with E-state index in [1.165, 1.54) is 6.21 Å². The highest BCUT2D eigenvalue weighted by molar-refractivity contribution is 9.10. The number of nitrogens with one attached hydrogen (secondary N) is 2. The Morgan fingerprint density at radius 1 is 1.16 bits per heavy atom. The molecule has 166 valence electrons. The minimum atomic E-state index is 0.131. The zero-order valence-corrected chi connectivity index (χ0v) is 19.6. The number of nitrogens with zero attached hydrogens (tertiary/aromatic N) is 5. The van der Waals surface area contributed by atoms with Crippen molar-refractivity contribution in [2.24, 2.45) is 5.10 Å². The number of halogens is 2. The molecular formula is C21H21BrClN7O2. The van der Waals surface area contributed by atoms with Crippen molar-refractivity contribution in [3.63, 3.8) is 0 Å². The molecule has 1 aliphatic rings. The highest BCUT2D eigenvalue weighted by Crippen LogP contribution is 2.31. The van der Waals surface area contributed by atoms with Gasteiger partial charge in [0.1, 0.15) is 5.75 Å². The summed E-state index contributed by atoms with van der Waals surface area (Å²) in [5.41, 5.74) is 5.07. The Kier molecular flexibility index (Phi) is 7.03. The molecule has 9 nitrogen and oxygen atoms in total. The molecule has 0 radical (unpaired) electrons. The number of rotatable bonds is 6. The fourth-order valence-corrected chi connectivity index (χ4v) is 3.71. The number of hydrazone groups is 1.